The summed E-state index contributed by atoms with van der Waals surface area (Å²) in [5.74, 6) is 1.14. The number of hydrogen-bond donors (Lipinski definition) is 0. The van der Waals surface area contributed by atoms with E-state index >= 15 is 0 Å². The number of imidazole rings is 1. The summed E-state index contributed by atoms with van der Waals surface area (Å²) in [6.45, 7) is 10.9. The van der Waals surface area contributed by atoms with E-state index in [0.29, 0.717) is 11.6 Å². The Morgan fingerprint density at radius 2 is 1.70 bits per heavy atom. The Bertz CT molecular complexity index is 1240. The van der Waals surface area contributed by atoms with Gasteiger partial charge >= 0.3 is 0 Å². The van der Waals surface area contributed by atoms with Crippen LogP contribution in [0.15, 0.2) is 55.2 Å². The predicted octanol–water partition coefficient (Wildman–Crippen LogP) is 4.74. The van der Waals surface area contributed by atoms with Crippen LogP contribution in [0, 0.1) is 5.21 Å². The van der Waals surface area contributed by atoms with Crippen LogP contribution in [0.5, 0.6) is 0 Å². The highest BCUT2D eigenvalue weighted by Gasteiger charge is 2.37. The first-order valence-corrected chi connectivity index (χ1v) is 13.9. The second-order valence-corrected chi connectivity index (χ2v) is 13.4. The van der Waals surface area contributed by atoms with Gasteiger partial charge in [-0.05, 0) is 44.1 Å². The zero-order valence-corrected chi connectivity index (χ0v) is 20.8. The van der Waals surface area contributed by atoms with E-state index in [4.69, 9.17) is 9.41 Å². The van der Waals surface area contributed by atoms with E-state index in [-0.39, 0.29) is 0 Å². The van der Waals surface area contributed by atoms with Gasteiger partial charge in [0.25, 0.3) is 0 Å². The molecule has 4 rings (SSSR count). The first-order chi connectivity index (χ1) is 15.8. The maximum absolute atomic E-state index is 11.3. The quantitative estimate of drug-likeness (QED) is 0.213. The van der Waals surface area contributed by atoms with E-state index in [1.165, 1.54) is 12.4 Å². The van der Waals surface area contributed by atoms with Crippen molar-refractivity contribution in [1.29, 1.82) is 0 Å². The van der Waals surface area contributed by atoms with Crippen LogP contribution in [0.3, 0.4) is 0 Å². The molecule has 0 unspecified atom stereocenters. The molecule has 0 bridgehead atoms. The van der Waals surface area contributed by atoms with E-state index < -0.39 is 13.9 Å². The van der Waals surface area contributed by atoms with Gasteiger partial charge < -0.3 is 9.63 Å². The normalized spacial score (nSPS) is 12.4. The molecule has 0 aromatic carbocycles. The maximum atomic E-state index is 11.3. The molecule has 0 radical (unpaired) electrons. The minimum Gasteiger partial charge on any atom is -0.619 e. The fourth-order valence-electron chi connectivity index (χ4n) is 4.16. The summed E-state index contributed by atoms with van der Waals surface area (Å²) in [7, 11) is -1.80. The largest absolute Gasteiger partial charge is 0.619 e. The highest BCUT2D eigenvalue weighted by Crippen LogP contribution is 2.33. The number of rotatable bonds is 8. The van der Waals surface area contributed by atoms with E-state index in [1.807, 2.05) is 22.7 Å². The van der Waals surface area contributed by atoms with Crippen LogP contribution in [0.25, 0.3) is 28.6 Å². The van der Waals surface area contributed by atoms with E-state index in [9.17, 15) is 5.21 Å². The molecule has 0 fully saturated rings. The van der Waals surface area contributed by atoms with Crippen molar-refractivity contribution in [2.24, 2.45) is 0 Å². The Labute approximate surface area is 195 Å². The SMILES string of the molecule is CC[Si](CC)(CC)OC(C)(C)c1ccn2c(-c3ccnc(-c4cc[n+]([O-])cc4)n3)cnc2n1. The van der Waals surface area contributed by atoms with Crippen LogP contribution in [-0.2, 0) is 10.0 Å². The van der Waals surface area contributed by atoms with Gasteiger partial charge in [-0.25, -0.2) is 19.9 Å². The zero-order chi connectivity index (χ0) is 23.6. The molecule has 0 spiro atoms. The molecule has 172 valence electrons. The predicted molar refractivity (Wildman–Crippen MR) is 130 cm³/mol. The van der Waals surface area contributed by atoms with E-state index in [2.05, 4.69) is 49.6 Å². The third kappa shape index (κ3) is 4.51. The summed E-state index contributed by atoms with van der Waals surface area (Å²) in [5.41, 5.74) is 2.70. The molecule has 9 heteroatoms. The average Bonchev–Trinajstić information content (AvgIpc) is 3.27. The Hall–Kier alpha value is -3.17. The standard InChI is InChI=1S/C24H30N6O2Si/c1-6-33(7-2,8-3)32-24(4,5)21-12-16-30-20(17-26-23(30)28-21)19-9-13-25-22(27-19)18-10-14-29(31)15-11-18/h9-17H,6-8H2,1-5H3. The fourth-order valence-corrected chi connectivity index (χ4v) is 7.28. The highest BCUT2D eigenvalue weighted by molar-refractivity contribution is 6.73. The fraction of sp³-hybridized carbons (Fsp3) is 0.375. The third-order valence-corrected chi connectivity index (χ3v) is 11.2. The van der Waals surface area contributed by atoms with Crippen LogP contribution in [0.2, 0.25) is 18.1 Å². The lowest BCUT2D eigenvalue weighted by molar-refractivity contribution is -0.605. The monoisotopic (exact) mass is 462 g/mol. The van der Waals surface area contributed by atoms with Gasteiger partial charge in [-0.2, -0.15) is 4.73 Å². The zero-order valence-electron chi connectivity index (χ0n) is 19.8. The molecule has 0 N–H and O–H groups in total. The van der Waals surface area contributed by atoms with Gasteiger partial charge in [0.15, 0.2) is 26.5 Å². The summed E-state index contributed by atoms with van der Waals surface area (Å²) in [6.07, 6.45) is 8.32. The molecule has 4 heterocycles. The van der Waals surface area contributed by atoms with Crippen LogP contribution >= 0.6 is 0 Å². The summed E-state index contributed by atoms with van der Waals surface area (Å²) < 4.78 is 9.43. The Morgan fingerprint density at radius 3 is 2.36 bits per heavy atom. The molecule has 0 aliphatic heterocycles. The minimum absolute atomic E-state index is 0.490. The third-order valence-electron chi connectivity index (χ3n) is 6.38. The van der Waals surface area contributed by atoms with E-state index in [0.717, 1.165) is 45.5 Å². The van der Waals surface area contributed by atoms with Crippen LogP contribution in [-0.4, -0.2) is 32.7 Å². The minimum atomic E-state index is -1.80. The van der Waals surface area contributed by atoms with Gasteiger partial charge in [0.1, 0.15) is 0 Å². The molecule has 4 aromatic rings. The number of fused-ring (bicyclic) bond motifs is 1. The van der Waals surface area contributed by atoms with Gasteiger partial charge in [0, 0.05) is 30.1 Å². The molecule has 4 aromatic heterocycles. The topological polar surface area (TPSA) is 92.1 Å². The van der Waals surface area contributed by atoms with Crippen molar-refractivity contribution in [2.75, 3.05) is 0 Å². The molecule has 8 nitrogen and oxygen atoms in total. The number of pyridine rings is 1. The summed E-state index contributed by atoms with van der Waals surface area (Å²) in [4.78, 5) is 18.4. The van der Waals surface area contributed by atoms with Gasteiger partial charge in [-0.15, -0.1) is 0 Å². The molecule has 0 aliphatic rings. The lowest BCUT2D eigenvalue weighted by Crippen LogP contribution is -2.43. The second kappa shape index (κ2) is 8.99. The summed E-state index contributed by atoms with van der Waals surface area (Å²) in [5, 5.41) is 11.3. The van der Waals surface area contributed by atoms with Crippen molar-refractivity contribution >= 4 is 14.1 Å². The van der Waals surface area contributed by atoms with Gasteiger partial charge in [-0.1, -0.05) is 20.8 Å². The van der Waals surface area contributed by atoms with Crippen LogP contribution in [0.4, 0.5) is 0 Å². The average molecular weight is 463 g/mol. The summed E-state index contributed by atoms with van der Waals surface area (Å²) >= 11 is 0. The van der Waals surface area contributed by atoms with Gasteiger partial charge in [0.05, 0.1) is 28.9 Å². The van der Waals surface area contributed by atoms with Gasteiger partial charge in [0.2, 0.25) is 5.78 Å². The smallest absolute Gasteiger partial charge is 0.234 e. The van der Waals surface area contributed by atoms with Crippen molar-refractivity contribution in [1.82, 2.24) is 24.3 Å². The number of aromatic nitrogens is 6. The van der Waals surface area contributed by atoms with Crippen molar-refractivity contribution < 1.29 is 9.16 Å². The lowest BCUT2D eigenvalue weighted by atomic mass is 10.1. The van der Waals surface area contributed by atoms with Crippen molar-refractivity contribution in [3.05, 3.63) is 66.2 Å². The molecule has 0 saturated carbocycles. The second-order valence-electron chi connectivity index (χ2n) is 8.69. The summed E-state index contributed by atoms with van der Waals surface area (Å²) in [6, 6.07) is 10.5. The first kappa shape index (κ1) is 23.0. The Morgan fingerprint density at radius 1 is 1.00 bits per heavy atom. The molecule has 33 heavy (non-hydrogen) atoms. The van der Waals surface area contributed by atoms with Crippen molar-refractivity contribution in [2.45, 2.75) is 58.4 Å². The van der Waals surface area contributed by atoms with E-state index in [1.54, 1.807) is 24.5 Å². The molecule has 0 saturated heterocycles. The lowest BCUT2D eigenvalue weighted by Gasteiger charge is -2.37. The van der Waals surface area contributed by atoms with Gasteiger partial charge in [-0.3, -0.25) is 4.40 Å². The van der Waals surface area contributed by atoms with Crippen LogP contribution in [0.1, 0.15) is 40.3 Å². The van der Waals surface area contributed by atoms with Crippen LogP contribution < -0.4 is 4.73 Å². The highest BCUT2D eigenvalue weighted by atomic mass is 28.4. The molecule has 0 aliphatic carbocycles. The number of nitrogens with zero attached hydrogens (tertiary/aromatic N) is 6. The molecular formula is C24H30N6O2Si. The molecule has 0 atom stereocenters. The first-order valence-electron chi connectivity index (χ1n) is 11.4. The van der Waals surface area contributed by atoms with Crippen molar-refractivity contribution in [3.63, 3.8) is 0 Å². The number of hydrogen-bond acceptors (Lipinski definition) is 6. The Kier molecular flexibility index (Phi) is 6.27. The Balaban J connectivity index is 1.68. The molecule has 0 amide bonds. The molecular weight excluding hydrogens is 432 g/mol. The van der Waals surface area contributed by atoms with Crippen molar-refractivity contribution in [3.8, 4) is 22.8 Å². The maximum Gasteiger partial charge on any atom is 0.234 e.